The van der Waals surface area contributed by atoms with E-state index in [2.05, 4.69) is 0 Å². The van der Waals surface area contributed by atoms with Crippen LogP contribution in [0.15, 0.2) is 24.3 Å². The van der Waals surface area contributed by atoms with E-state index in [1.165, 1.54) is 0 Å². The Hall–Kier alpha value is -1.39. The monoisotopic (exact) mass is 236 g/mol. The molecule has 0 saturated heterocycles. The molecule has 0 radical (unpaired) electrons. The van der Waals surface area contributed by atoms with E-state index in [-0.39, 0.29) is 5.91 Å². The maximum atomic E-state index is 12.0. The van der Waals surface area contributed by atoms with Crippen LogP contribution in [-0.2, 0) is 11.2 Å². The summed E-state index contributed by atoms with van der Waals surface area (Å²) in [5.41, 5.74) is 7.30. The number of likely N-dealkylation sites (N-methyl/N-ethyl adjacent to an activating group) is 1. The minimum atomic E-state index is 0.0147. The van der Waals surface area contributed by atoms with E-state index in [1.807, 2.05) is 24.3 Å². The van der Waals surface area contributed by atoms with Gasteiger partial charge in [0.05, 0.1) is 6.61 Å². The van der Waals surface area contributed by atoms with Crippen LogP contribution in [0, 0.1) is 0 Å². The van der Waals surface area contributed by atoms with Crippen molar-refractivity contribution in [2.45, 2.75) is 6.42 Å². The number of amides is 1. The standard InChI is InChI=1S/C13H20N2O2/c1-15(8-9-17-2)13(16)12-5-3-4-11(10-12)6-7-14/h3-5,10H,6-9,14H2,1-2H3. The molecule has 0 heterocycles. The molecule has 0 aromatic heterocycles. The summed E-state index contributed by atoms with van der Waals surface area (Å²) in [6, 6.07) is 7.60. The normalized spacial score (nSPS) is 10.3. The SMILES string of the molecule is COCCN(C)C(=O)c1cccc(CCN)c1. The summed E-state index contributed by atoms with van der Waals surface area (Å²) in [7, 11) is 3.40. The Morgan fingerprint density at radius 3 is 2.88 bits per heavy atom. The van der Waals surface area contributed by atoms with Gasteiger partial charge in [-0.3, -0.25) is 4.79 Å². The molecule has 0 aliphatic heterocycles. The van der Waals surface area contributed by atoms with Crippen molar-refractivity contribution < 1.29 is 9.53 Å². The molecule has 1 amide bonds. The topological polar surface area (TPSA) is 55.6 Å². The zero-order chi connectivity index (χ0) is 12.7. The van der Waals surface area contributed by atoms with Gasteiger partial charge in [-0.05, 0) is 30.7 Å². The molecule has 17 heavy (non-hydrogen) atoms. The summed E-state index contributed by atoms with van der Waals surface area (Å²) in [5, 5.41) is 0. The van der Waals surface area contributed by atoms with E-state index in [0.717, 1.165) is 12.0 Å². The van der Waals surface area contributed by atoms with Crippen molar-refractivity contribution >= 4 is 5.91 Å². The fourth-order valence-corrected chi connectivity index (χ4v) is 1.58. The first kappa shape index (κ1) is 13.7. The molecule has 0 aliphatic carbocycles. The third kappa shape index (κ3) is 4.17. The number of methoxy groups -OCH3 is 1. The van der Waals surface area contributed by atoms with Crippen molar-refractivity contribution in [3.63, 3.8) is 0 Å². The van der Waals surface area contributed by atoms with Crippen LogP contribution in [0.3, 0.4) is 0 Å². The van der Waals surface area contributed by atoms with Gasteiger partial charge in [0.15, 0.2) is 0 Å². The summed E-state index contributed by atoms with van der Waals surface area (Å²) < 4.78 is 4.95. The molecular formula is C13H20N2O2. The van der Waals surface area contributed by atoms with Crippen molar-refractivity contribution in [3.8, 4) is 0 Å². The van der Waals surface area contributed by atoms with E-state index in [1.54, 1.807) is 19.1 Å². The second-order valence-corrected chi connectivity index (χ2v) is 3.96. The number of ether oxygens (including phenoxy) is 1. The zero-order valence-electron chi connectivity index (χ0n) is 10.5. The number of nitrogens with zero attached hydrogens (tertiary/aromatic N) is 1. The fraction of sp³-hybridized carbons (Fsp3) is 0.462. The Morgan fingerprint density at radius 2 is 2.24 bits per heavy atom. The van der Waals surface area contributed by atoms with Crippen LogP contribution in [0.2, 0.25) is 0 Å². The van der Waals surface area contributed by atoms with Gasteiger partial charge in [0.2, 0.25) is 0 Å². The van der Waals surface area contributed by atoms with Gasteiger partial charge in [-0.15, -0.1) is 0 Å². The van der Waals surface area contributed by atoms with Crippen LogP contribution >= 0.6 is 0 Å². The third-order valence-electron chi connectivity index (χ3n) is 2.58. The van der Waals surface area contributed by atoms with Gasteiger partial charge >= 0.3 is 0 Å². The molecule has 0 aliphatic rings. The molecule has 1 rings (SSSR count). The number of carbonyl (C=O) groups is 1. The third-order valence-corrected chi connectivity index (χ3v) is 2.58. The maximum Gasteiger partial charge on any atom is 0.253 e. The average Bonchev–Trinajstić information content (AvgIpc) is 2.35. The molecule has 0 atom stereocenters. The molecule has 0 saturated carbocycles. The van der Waals surface area contributed by atoms with Crippen LogP contribution in [0.4, 0.5) is 0 Å². The Morgan fingerprint density at radius 1 is 1.47 bits per heavy atom. The summed E-state index contributed by atoms with van der Waals surface area (Å²) in [6.45, 7) is 1.73. The average molecular weight is 236 g/mol. The van der Waals surface area contributed by atoms with Crippen molar-refractivity contribution in [2.24, 2.45) is 5.73 Å². The van der Waals surface area contributed by atoms with Gasteiger partial charge < -0.3 is 15.4 Å². The summed E-state index contributed by atoms with van der Waals surface area (Å²) in [4.78, 5) is 13.7. The highest BCUT2D eigenvalue weighted by molar-refractivity contribution is 5.94. The molecule has 1 aromatic carbocycles. The molecular weight excluding hydrogens is 216 g/mol. The van der Waals surface area contributed by atoms with E-state index in [9.17, 15) is 4.79 Å². The quantitative estimate of drug-likeness (QED) is 0.798. The van der Waals surface area contributed by atoms with Gasteiger partial charge in [-0.25, -0.2) is 0 Å². The summed E-state index contributed by atoms with van der Waals surface area (Å²) in [6.07, 6.45) is 0.795. The van der Waals surface area contributed by atoms with Crippen LogP contribution < -0.4 is 5.73 Å². The van der Waals surface area contributed by atoms with Crippen LogP contribution in [0.25, 0.3) is 0 Å². The lowest BCUT2D eigenvalue weighted by Crippen LogP contribution is -2.30. The van der Waals surface area contributed by atoms with Crippen molar-refractivity contribution in [1.29, 1.82) is 0 Å². The minimum Gasteiger partial charge on any atom is -0.383 e. The molecule has 0 unspecified atom stereocenters. The molecule has 94 valence electrons. The molecule has 1 aromatic rings. The fourth-order valence-electron chi connectivity index (χ4n) is 1.58. The summed E-state index contributed by atoms with van der Waals surface area (Å²) in [5.74, 6) is 0.0147. The van der Waals surface area contributed by atoms with E-state index >= 15 is 0 Å². The second kappa shape index (κ2) is 7.04. The minimum absolute atomic E-state index is 0.0147. The lowest BCUT2D eigenvalue weighted by Gasteiger charge is -2.17. The smallest absolute Gasteiger partial charge is 0.253 e. The molecule has 4 nitrogen and oxygen atoms in total. The zero-order valence-corrected chi connectivity index (χ0v) is 10.5. The highest BCUT2D eigenvalue weighted by atomic mass is 16.5. The first-order valence-electron chi connectivity index (χ1n) is 5.72. The van der Waals surface area contributed by atoms with Gasteiger partial charge in [0.25, 0.3) is 5.91 Å². The highest BCUT2D eigenvalue weighted by Gasteiger charge is 2.11. The molecule has 2 N–H and O–H groups in total. The van der Waals surface area contributed by atoms with Crippen molar-refractivity contribution in [3.05, 3.63) is 35.4 Å². The summed E-state index contributed by atoms with van der Waals surface area (Å²) >= 11 is 0. The first-order chi connectivity index (χ1) is 8.19. The molecule has 0 spiro atoms. The molecule has 0 fully saturated rings. The van der Waals surface area contributed by atoms with E-state index in [0.29, 0.717) is 25.3 Å². The van der Waals surface area contributed by atoms with Crippen LogP contribution in [0.5, 0.6) is 0 Å². The van der Waals surface area contributed by atoms with Gasteiger partial charge in [-0.1, -0.05) is 12.1 Å². The second-order valence-electron chi connectivity index (χ2n) is 3.96. The van der Waals surface area contributed by atoms with Gasteiger partial charge in [-0.2, -0.15) is 0 Å². The lowest BCUT2D eigenvalue weighted by molar-refractivity contribution is 0.0744. The number of carbonyl (C=O) groups excluding carboxylic acids is 1. The highest BCUT2D eigenvalue weighted by Crippen LogP contribution is 2.08. The van der Waals surface area contributed by atoms with E-state index < -0.39 is 0 Å². The number of benzene rings is 1. The van der Waals surface area contributed by atoms with Crippen LogP contribution in [-0.4, -0.2) is 44.7 Å². The maximum absolute atomic E-state index is 12.0. The Labute approximate surface area is 102 Å². The number of hydrogen-bond donors (Lipinski definition) is 1. The van der Waals surface area contributed by atoms with Crippen LogP contribution in [0.1, 0.15) is 15.9 Å². The predicted octanol–water partition coefficient (Wildman–Crippen LogP) is 0.906. The largest absolute Gasteiger partial charge is 0.383 e. The van der Waals surface area contributed by atoms with Crippen molar-refractivity contribution in [1.82, 2.24) is 4.90 Å². The van der Waals surface area contributed by atoms with Gasteiger partial charge in [0, 0.05) is 26.3 Å². The molecule has 0 bridgehead atoms. The number of rotatable bonds is 6. The predicted molar refractivity (Wildman–Crippen MR) is 68.0 cm³/mol. The van der Waals surface area contributed by atoms with Gasteiger partial charge in [0.1, 0.15) is 0 Å². The lowest BCUT2D eigenvalue weighted by atomic mass is 10.1. The Bertz CT molecular complexity index is 366. The van der Waals surface area contributed by atoms with Crippen molar-refractivity contribution in [2.75, 3.05) is 33.9 Å². The molecule has 4 heteroatoms. The Kier molecular flexibility index (Phi) is 5.66. The Balaban J connectivity index is 2.70. The van der Waals surface area contributed by atoms with E-state index in [4.69, 9.17) is 10.5 Å². The number of hydrogen-bond acceptors (Lipinski definition) is 3. The number of nitrogens with two attached hydrogens (primary N) is 1. The first-order valence-corrected chi connectivity index (χ1v) is 5.72.